The minimum Gasteiger partial charge on any atom is -0.399 e. The lowest BCUT2D eigenvalue weighted by Gasteiger charge is -2.05. The van der Waals surface area contributed by atoms with Gasteiger partial charge in [-0.3, -0.25) is 4.79 Å². The van der Waals surface area contributed by atoms with Crippen molar-refractivity contribution in [1.29, 1.82) is 0 Å². The van der Waals surface area contributed by atoms with Gasteiger partial charge in [-0.2, -0.15) is 0 Å². The van der Waals surface area contributed by atoms with Crippen molar-refractivity contribution < 1.29 is 9.18 Å². The fourth-order valence-electron chi connectivity index (χ4n) is 1.70. The maximum absolute atomic E-state index is 13.2. The van der Waals surface area contributed by atoms with E-state index in [0.717, 1.165) is 4.47 Å². The van der Waals surface area contributed by atoms with Gasteiger partial charge in [-0.15, -0.1) is 0 Å². The van der Waals surface area contributed by atoms with Crippen molar-refractivity contribution in [3.05, 3.63) is 63.4 Å². The highest BCUT2D eigenvalue weighted by Gasteiger charge is 2.11. The molecule has 2 nitrogen and oxygen atoms in total. The third kappa shape index (κ3) is 2.59. The average Bonchev–Trinajstić information content (AvgIpc) is 2.30. The van der Waals surface area contributed by atoms with E-state index in [1.807, 2.05) is 0 Å². The summed E-state index contributed by atoms with van der Waals surface area (Å²) in [7, 11) is 0. The molecule has 0 heterocycles. The van der Waals surface area contributed by atoms with Gasteiger partial charge in [0.2, 0.25) is 0 Å². The first-order valence-corrected chi connectivity index (χ1v) is 6.13. The van der Waals surface area contributed by atoms with Crippen molar-refractivity contribution in [3.63, 3.8) is 0 Å². The largest absolute Gasteiger partial charge is 0.399 e. The summed E-state index contributed by atoms with van der Waals surface area (Å²) in [6.45, 7) is 1.63. The molecule has 4 heteroatoms. The minimum absolute atomic E-state index is 0.175. The Morgan fingerprint density at radius 1 is 1.17 bits per heavy atom. The monoisotopic (exact) mass is 307 g/mol. The highest BCUT2D eigenvalue weighted by Crippen LogP contribution is 2.20. The van der Waals surface area contributed by atoms with Crippen LogP contribution in [0.2, 0.25) is 0 Å². The van der Waals surface area contributed by atoms with Crippen molar-refractivity contribution in [1.82, 2.24) is 0 Å². The first-order valence-electron chi connectivity index (χ1n) is 5.34. The Morgan fingerprint density at radius 3 is 2.50 bits per heavy atom. The molecule has 0 amide bonds. The van der Waals surface area contributed by atoms with E-state index in [9.17, 15) is 9.18 Å². The van der Waals surface area contributed by atoms with Crippen LogP contribution in [0.1, 0.15) is 21.5 Å². The van der Waals surface area contributed by atoms with Gasteiger partial charge in [0.05, 0.1) is 0 Å². The molecular weight excluding hydrogens is 297 g/mol. The van der Waals surface area contributed by atoms with E-state index in [4.69, 9.17) is 5.73 Å². The van der Waals surface area contributed by atoms with E-state index < -0.39 is 0 Å². The number of nitrogen functional groups attached to an aromatic ring is 1. The van der Waals surface area contributed by atoms with Crippen LogP contribution in [0.15, 0.2) is 40.9 Å². The number of rotatable bonds is 2. The molecule has 0 spiro atoms. The topological polar surface area (TPSA) is 43.1 Å². The third-order valence-electron chi connectivity index (χ3n) is 2.60. The molecule has 2 rings (SSSR count). The SMILES string of the molecule is Cc1cc(C(=O)c2cc(N)cc(Br)c2)ccc1F. The van der Waals surface area contributed by atoms with Gasteiger partial charge in [-0.1, -0.05) is 15.9 Å². The molecule has 0 fully saturated rings. The van der Waals surface area contributed by atoms with E-state index >= 15 is 0 Å². The molecule has 0 saturated heterocycles. The Balaban J connectivity index is 2.44. The van der Waals surface area contributed by atoms with Crippen LogP contribution in [0.25, 0.3) is 0 Å². The number of carbonyl (C=O) groups excluding carboxylic acids is 1. The molecule has 0 aromatic heterocycles. The average molecular weight is 308 g/mol. The van der Waals surface area contributed by atoms with Gasteiger partial charge in [-0.25, -0.2) is 4.39 Å². The molecule has 2 aromatic carbocycles. The summed E-state index contributed by atoms with van der Waals surface area (Å²) >= 11 is 3.29. The molecule has 0 aliphatic rings. The van der Waals surface area contributed by atoms with Gasteiger partial charge >= 0.3 is 0 Å². The summed E-state index contributed by atoms with van der Waals surface area (Å²) in [4.78, 5) is 12.2. The van der Waals surface area contributed by atoms with Gasteiger partial charge in [-0.05, 0) is 48.9 Å². The van der Waals surface area contributed by atoms with E-state index in [2.05, 4.69) is 15.9 Å². The van der Waals surface area contributed by atoms with Crippen LogP contribution in [0.4, 0.5) is 10.1 Å². The summed E-state index contributed by atoms with van der Waals surface area (Å²) in [5.74, 6) is -0.494. The van der Waals surface area contributed by atoms with Gasteiger partial charge in [0, 0.05) is 21.3 Å². The zero-order chi connectivity index (χ0) is 13.3. The molecule has 92 valence electrons. The quantitative estimate of drug-likeness (QED) is 0.679. The summed E-state index contributed by atoms with van der Waals surface area (Å²) in [6.07, 6.45) is 0. The molecule has 0 radical (unpaired) electrons. The lowest BCUT2D eigenvalue weighted by atomic mass is 10.0. The van der Waals surface area contributed by atoms with Crippen LogP contribution in [0.3, 0.4) is 0 Å². The fourth-order valence-corrected chi connectivity index (χ4v) is 2.21. The van der Waals surface area contributed by atoms with E-state index in [-0.39, 0.29) is 11.6 Å². The van der Waals surface area contributed by atoms with Gasteiger partial charge in [0.25, 0.3) is 0 Å². The standard InChI is InChI=1S/C14H11BrFNO/c1-8-4-9(2-3-13(8)16)14(18)10-5-11(15)7-12(17)6-10/h2-7H,17H2,1H3. The van der Waals surface area contributed by atoms with Crippen LogP contribution in [-0.2, 0) is 0 Å². The van der Waals surface area contributed by atoms with Crippen molar-refractivity contribution in [3.8, 4) is 0 Å². The lowest BCUT2D eigenvalue weighted by Crippen LogP contribution is -2.03. The van der Waals surface area contributed by atoms with Crippen LogP contribution in [0, 0.1) is 12.7 Å². The lowest BCUT2D eigenvalue weighted by molar-refractivity contribution is 0.103. The number of hydrogen-bond acceptors (Lipinski definition) is 2. The minimum atomic E-state index is -0.319. The van der Waals surface area contributed by atoms with E-state index in [1.165, 1.54) is 18.2 Å². The predicted octanol–water partition coefficient (Wildman–Crippen LogP) is 3.71. The highest BCUT2D eigenvalue weighted by atomic mass is 79.9. The van der Waals surface area contributed by atoms with Crippen molar-refractivity contribution in [2.24, 2.45) is 0 Å². The van der Waals surface area contributed by atoms with Crippen molar-refractivity contribution in [2.45, 2.75) is 6.92 Å². The number of nitrogens with two attached hydrogens (primary N) is 1. The smallest absolute Gasteiger partial charge is 0.193 e. The maximum Gasteiger partial charge on any atom is 0.193 e. The van der Waals surface area contributed by atoms with Gasteiger partial charge in [0.15, 0.2) is 5.78 Å². The molecular formula is C14H11BrFNO. The first kappa shape index (κ1) is 12.8. The molecule has 2 N–H and O–H groups in total. The zero-order valence-corrected chi connectivity index (χ0v) is 11.3. The molecule has 0 aliphatic carbocycles. The number of ketones is 1. The molecule has 2 aromatic rings. The number of benzene rings is 2. The number of halogens is 2. The number of anilines is 1. The van der Waals surface area contributed by atoms with E-state index in [0.29, 0.717) is 22.4 Å². The Hall–Kier alpha value is -1.68. The highest BCUT2D eigenvalue weighted by molar-refractivity contribution is 9.10. The Morgan fingerprint density at radius 2 is 1.89 bits per heavy atom. The maximum atomic E-state index is 13.2. The second-order valence-electron chi connectivity index (χ2n) is 4.07. The predicted molar refractivity (Wildman–Crippen MR) is 73.1 cm³/mol. The summed E-state index contributed by atoms with van der Waals surface area (Å²) in [5, 5.41) is 0. The molecule has 0 atom stereocenters. The third-order valence-corrected chi connectivity index (χ3v) is 3.06. The van der Waals surface area contributed by atoms with Crippen LogP contribution < -0.4 is 5.73 Å². The molecule has 0 bridgehead atoms. The Labute approximate surface area is 113 Å². The normalized spacial score (nSPS) is 10.4. The van der Waals surface area contributed by atoms with Crippen molar-refractivity contribution in [2.75, 3.05) is 5.73 Å². The van der Waals surface area contributed by atoms with Gasteiger partial charge in [0.1, 0.15) is 5.82 Å². The fraction of sp³-hybridized carbons (Fsp3) is 0.0714. The molecule has 0 unspecified atom stereocenters. The molecule has 0 saturated carbocycles. The van der Waals surface area contributed by atoms with E-state index in [1.54, 1.807) is 25.1 Å². The summed E-state index contributed by atoms with van der Waals surface area (Å²) in [6, 6.07) is 9.32. The van der Waals surface area contributed by atoms with Crippen LogP contribution in [0.5, 0.6) is 0 Å². The molecule has 18 heavy (non-hydrogen) atoms. The number of hydrogen-bond donors (Lipinski definition) is 1. The van der Waals surface area contributed by atoms with Crippen LogP contribution >= 0.6 is 15.9 Å². The van der Waals surface area contributed by atoms with Crippen LogP contribution in [-0.4, -0.2) is 5.78 Å². The molecule has 0 aliphatic heterocycles. The van der Waals surface area contributed by atoms with Gasteiger partial charge < -0.3 is 5.73 Å². The van der Waals surface area contributed by atoms with Crippen molar-refractivity contribution >= 4 is 27.4 Å². The zero-order valence-electron chi connectivity index (χ0n) is 9.71. The second kappa shape index (κ2) is 4.90. The number of aryl methyl sites for hydroxylation is 1. The number of carbonyl (C=O) groups is 1. The summed E-state index contributed by atoms with van der Waals surface area (Å²) < 4.78 is 13.9. The Bertz CT molecular complexity index is 605. The first-order chi connectivity index (χ1) is 8.47. The summed E-state index contributed by atoms with van der Waals surface area (Å²) in [5.41, 5.74) is 7.57. The second-order valence-corrected chi connectivity index (χ2v) is 4.98. The Kier molecular flexibility index (Phi) is 3.48.